The van der Waals surface area contributed by atoms with Crippen LogP contribution in [0.1, 0.15) is 33.3 Å². The van der Waals surface area contributed by atoms with Crippen molar-refractivity contribution in [2.45, 2.75) is 40.3 Å². The summed E-state index contributed by atoms with van der Waals surface area (Å²) in [5.41, 5.74) is 2.69. The Morgan fingerprint density at radius 3 is 2.39 bits per heavy atom. The Morgan fingerprint density at radius 1 is 1.22 bits per heavy atom. The lowest BCUT2D eigenvalue weighted by Crippen LogP contribution is -2.35. The molecule has 18 heavy (non-hydrogen) atoms. The third-order valence-corrected chi connectivity index (χ3v) is 3.40. The van der Waals surface area contributed by atoms with Gasteiger partial charge in [-0.05, 0) is 44.5 Å². The second kappa shape index (κ2) is 7.15. The van der Waals surface area contributed by atoms with Gasteiger partial charge in [-0.15, -0.1) is 0 Å². The summed E-state index contributed by atoms with van der Waals surface area (Å²) in [6.07, 6.45) is 0. The van der Waals surface area contributed by atoms with Crippen LogP contribution >= 0.6 is 15.9 Å². The minimum Gasteiger partial charge on any atom is -0.369 e. The standard InChI is InChI=1S/C15H25BrN2/c1-11(2)10-18(12(3)4)15-8-14(16)7-6-13(15)9-17-5/h6-8,11-12,17H,9-10H2,1-5H3. The van der Waals surface area contributed by atoms with Crippen LogP contribution in [0.3, 0.4) is 0 Å². The van der Waals surface area contributed by atoms with E-state index in [1.54, 1.807) is 0 Å². The number of halogens is 1. The Bertz CT molecular complexity index is 375. The smallest absolute Gasteiger partial charge is 0.0425 e. The van der Waals surface area contributed by atoms with E-state index in [0.717, 1.165) is 17.6 Å². The summed E-state index contributed by atoms with van der Waals surface area (Å²) in [6.45, 7) is 11.0. The summed E-state index contributed by atoms with van der Waals surface area (Å²) in [5.74, 6) is 0.661. The van der Waals surface area contributed by atoms with Crippen LogP contribution in [0.4, 0.5) is 5.69 Å². The van der Waals surface area contributed by atoms with Crippen molar-refractivity contribution in [3.63, 3.8) is 0 Å². The third-order valence-electron chi connectivity index (χ3n) is 2.91. The lowest BCUT2D eigenvalue weighted by atomic mass is 10.1. The molecule has 0 aliphatic heterocycles. The van der Waals surface area contributed by atoms with Crippen molar-refractivity contribution < 1.29 is 0 Å². The molecule has 1 aromatic carbocycles. The van der Waals surface area contributed by atoms with Crippen LogP contribution in [0.2, 0.25) is 0 Å². The van der Waals surface area contributed by atoms with Crippen molar-refractivity contribution in [2.24, 2.45) is 5.92 Å². The minimum absolute atomic E-state index is 0.511. The first-order chi connectivity index (χ1) is 8.45. The molecule has 1 N–H and O–H groups in total. The zero-order valence-corrected chi connectivity index (χ0v) is 13.7. The topological polar surface area (TPSA) is 15.3 Å². The maximum Gasteiger partial charge on any atom is 0.0425 e. The quantitative estimate of drug-likeness (QED) is 0.853. The van der Waals surface area contributed by atoms with E-state index in [1.807, 2.05) is 7.05 Å². The highest BCUT2D eigenvalue weighted by Gasteiger charge is 2.15. The molecule has 0 unspecified atom stereocenters. The minimum atomic E-state index is 0.511. The van der Waals surface area contributed by atoms with Crippen molar-refractivity contribution in [2.75, 3.05) is 18.5 Å². The average Bonchev–Trinajstić information content (AvgIpc) is 2.28. The van der Waals surface area contributed by atoms with E-state index in [9.17, 15) is 0 Å². The molecule has 2 nitrogen and oxygen atoms in total. The highest BCUT2D eigenvalue weighted by molar-refractivity contribution is 9.10. The summed E-state index contributed by atoms with van der Waals surface area (Å²) in [5, 5.41) is 3.25. The zero-order valence-electron chi connectivity index (χ0n) is 12.1. The molecule has 0 saturated carbocycles. The number of anilines is 1. The molecule has 102 valence electrons. The van der Waals surface area contributed by atoms with Gasteiger partial charge in [0.05, 0.1) is 0 Å². The van der Waals surface area contributed by atoms with Gasteiger partial charge >= 0.3 is 0 Å². The van der Waals surface area contributed by atoms with Gasteiger partial charge in [-0.3, -0.25) is 0 Å². The van der Waals surface area contributed by atoms with Crippen LogP contribution in [0.15, 0.2) is 22.7 Å². The van der Waals surface area contributed by atoms with E-state index >= 15 is 0 Å². The second-order valence-electron chi connectivity index (χ2n) is 5.44. The largest absolute Gasteiger partial charge is 0.369 e. The van der Waals surface area contributed by atoms with Gasteiger partial charge in [-0.2, -0.15) is 0 Å². The zero-order chi connectivity index (χ0) is 13.7. The molecule has 0 spiro atoms. The van der Waals surface area contributed by atoms with Gasteiger partial charge in [-0.1, -0.05) is 35.8 Å². The molecule has 0 aromatic heterocycles. The highest BCUT2D eigenvalue weighted by atomic mass is 79.9. The van der Waals surface area contributed by atoms with Gasteiger partial charge in [0.25, 0.3) is 0 Å². The van der Waals surface area contributed by atoms with E-state index in [0.29, 0.717) is 12.0 Å². The Morgan fingerprint density at radius 2 is 1.89 bits per heavy atom. The summed E-state index contributed by atoms with van der Waals surface area (Å²) in [4.78, 5) is 2.49. The second-order valence-corrected chi connectivity index (χ2v) is 6.36. The first-order valence-electron chi connectivity index (χ1n) is 6.65. The summed E-state index contributed by atoms with van der Waals surface area (Å²) in [7, 11) is 1.99. The molecular formula is C15H25BrN2. The Balaban J connectivity index is 3.11. The fourth-order valence-corrected chi connectivity index (χ4v) is 2.47. The molecule has 0 heterocycles. The van der Waals surface area contributed by atoms with E-state index in [2.05, 4.69) is 72.0 Å². The lowest BCUT2D eigenvalue weighted by Gasteiger charge is -2.32. The number of nitrogens with one attached hydrogen (secondary N) is 1. The molecule has 0 bridgehead atoms. The van der Waals surface area contributed by atoms with Crippen molar-refractivity contribution in [3.05, 3.63) is 28.2 Å². The number of rotatable bonds is 6. The van der Waals surface area contributed by atoms with E-state index in [1.165, 1.54) is 11.3 Å². The van der Waals surface area contributed by atoms with Crippen molar-refractivity contribution in [1.82, 2.24) is 5.32 Å². The first kappa shape index (κ1) is 15.5. The maximum absolute atomic E-state index is 3.58. The fraction of sp³-hybridized carbons (Fsp3) is 0.600. The molecule has 0 aliphatic carbocycles. The van der Waals surface area contributed by atoms with E-state index in [4.69, 9.17) is 0 Å². The van der Waals surface area contributed by atoms with Crippen molar-refractivity contribution >= 4 is 21.6 Å². The van der Waals surface area contributed by atoms with Crippen molar-refractivity contribution in [1.29, 1.82) is 0 Å². The molecule has 0 aliphatic rings. The van der Waals surface area contributed by atoms with Crippen LogP contribution in [-0.2, 0) is 6.54 Å². The van der Waals surface area contributed by atoms with Crippen molar-refractivity contribution in [3.8, 4) is 0 Å². The molecule has 0 saturated heterocycles. The molecule has 0 fully saturated rings. The summed E-state index contributed by atoms with van der Waals surface area (Å²) in [6, 6.07) is 7.06. The van der Waals surface area contributed by atoms with Gasteiger partial charge in [0.1, 0.15) is 0 Å². The molecule has 0 atom stereocenters. The Hall–Kier alpha value is -0.540. The van der Waals surface area contributed by atoms with Gasteiger partial charge in [-0.25, -0.2) is 0 Å². The van der Waals surface area contributed by atoms with Gasteiger partial charge in [0.15, 0.2) is 0 Å². The average molecular weight is 313 g/mol. The Labute approximate surface area is 120 Å². The lowest BCUT2D eigenvalue weighted by molar-refractivity contribution is 0.568. The van der Waals surface area contributed by atoms with Crippen LogP contribution in [0.5, 0.6) is 0 Å². The summed E-state index contributed by atoms with van der Waals surface area (Å²) < 4.78 is 1.15. The summed E-state index contributed by atoms with van der Waals surface area (Å²) >= 11 is 3.58. The molecule has 0 radical (unpaired) electrons. The monoisotopic (exact) mass is 312 g/mol. The SMILES string of the molecule is CNCc1ccc(Br)cc1N(CC(C)C)C(C)C. The third kappa shape index (κ3) is 4.29. The highest BCUT2D eigenvalue weighted by Crippen LogP contribution is 2.27. The van der Waals surface area contributed by atoms with Crippen LogP contribution in [0.25, 0.3) is 0 Å². The van der Waals surface area contributed by atoms with Crippen LogP contribution in [0, 0.1) is 5.92 Å². The Kier molecular flexibility index (Phi) is 6.16. The van der Waals surface area contributed by atoms with E-state index < -0.39 is 0 Å². The van der Waals surface area contributed by atoms with Crippen LogP contribution in [-0.4, -0.2) is 19.6 Å². The number of nitrogens with zero attached hydrogens (tertiary/aromatic N) is 1. The first-order valence-corrected chi connectivity index (χ1v) is 7.44. The molecule has 1 rings (SSSR count). The predicted octanol–water partition coefficient (Wildman–Crippen LogP) is 4.04. The normalized spacial score (nSPS) is 11.3. The molecule has 3 heteroatoms. The fourth-order valence-electron chi connectivity index (χ4n) is 2.13. The predicted molar refractivity (Wildman–Crippen MR) is 84.2 cm³/mol. The van der Waals surface area contributed by atoms with E-state index in [-0.39, 0.29) is 0 Å². The molecule has 0 amide bonds. The maximum atomic E-state index is 3.58. The van der Waals surface area contributed by atoms with Crippen LogP contribution < -0.4 is 10.2 Å². The molecule has 1 aromatic rings. The number of hydrogen-bond donors (Lipinski definition) is 1. The van der Waals surface area contributed by atoms with Gasteiger partial charge in [0.2, 0.25) is 0 Å². The number of benzene rings is 1. The molecular weight excluding hydrogens is 288 g/mol. The van der Waals surface area contributed by atoms with Gasteiger partial charge < -0.3 is 10.2 Å². The van der Waals surface area contributed by atoms with Gasteiger partial charge in [0, 0.05) is 29.3 Å². The number of hydrogen-bond acceptors (Lipinski definition) is 2.